The van der Waals surface area contributed by atoms with Crippen LogP contribution in [0.2, 0.25) is 0 Å². The molecule has 1 saturated heterocycles. The second kappa shape index (κ2) is 8.50. The summed E-state index contributed by atoms with van der Waals surface area (Å²) in [7, 11) is 0. The second-order valence-electron chi connectivity index (χ2n) is 7.16. The number of nitro benzene ring substituents is 1. The van der Waals surface area contributed by atoms with Crippen molar-refractivity contribution in [3.8, 4) is 5.75 Å². The molecule has 4 rings (SSSR count). The summed E-state index contributed by atoms with van der Waals surface area (Å²) >= 11 is 0. The highest BCUT2D eigenvalue weighted by atomic mass is 16.7. The molecule has 1 aliphatic heterocycles. The lowest BCUT2D eigenvalue weighted by Crippen LogP contribution is -2.27. The lowest BCUT2D eigenvalue weighted by molar-refractivity contribution is -0.384. The maximum absolute atomic E-state index is 12.3. The van der Waals surface area contributed by atoms with E-state index in [-0.39, 0.29) is 23.5 Å². The van der Waals surface area contributed by atoms with Gasteiger partial charge in [0.25, 0.3) is 5.69 Å². The molecule has 2 aromatic carbocycles. The van der Waals surface area contributed by atoms with Gasteiger partial charge in [-0.2, -0.15) is 0 Å². The van der Waals surface area contributed by atoms with Gasteiger partial charge in [-0.15, -0.1) is 0 Å². The number of esters is 1. The van der Waals surface area contributed by atoms with Crippen molar-refractivity contribution in [3.05, 3.63) is 70.3 Å². The molecule has 30 heavy (non-hydrogen) atoms. The fourth-order valence-corrected chi connectivity index (χ4v) is 3.80. The number of hydrogen-bond acceptors (Lipinski definition) is 8. The average molecular weight is 413 g/mol. The first-order chi connectivity index (χ1) is 14.5. The minimum Gasteiger partial charge on any atom is -0.456 e. The quantitative estimate of drug-likeness (QED) is 0.317. The minimum absolute atomic E-state index is 0.0603. The molecule has 2 aliphatic rings. The van der Waals surface area contributed by atoms with E-state index in [9.17, 15) is 19.7 Å². The van der Waals surface area contributed by atoms with Gasteiger partial charge in [-0.05, 0) is 30.7 Å². The van der Waals surface area contributed by atoms with Gasteiger partial charge in [0.05, 0.1) is 23.2 Å². The number of ether oxygens (including phenoxy) is 4. The largest absolute Gasteiger partial charge is 0.514 e. The van der Waals surface area contributed by atoms with Crippen LogP contribution >= 0.6 is 0 Å². The maximum Gasteiger partial charge on any atom is 0.514 e. The summed E-state index contributed by atoms with van der Waals surface area (Å²) in [6.45, 7) is 0.313. The van der Waals surface area contributed by atoms with Crippen LogP contribution in [-0.4, -0.2) is 42.0 Å². The van der Waals surface area contributed by atoms with Crippen molar-refractivity contribution in [2.45, 2.75) is 31.2 Å². The molecule has 0 N–H and O–H groups in total. The third kappa shape index (κ3) is 4.41. The molecule has 0 aromatic heterocycles. The predicted molar refractivity (Wildman–Crippen MR) is 102 cm³/mol. The Kier molecular flexibility index (Phi) is 5.62. The highest BCUT2D eigenvalue weighted by molar-refractivity contribution is 5.89. The van der Waals surface area contributed by atoms with E-state index >= 15 is 0 Å². The Hall–Kier alpha value is -3.46. The molecule has 0 bridgehead atoms. The number of carbonyl (C=O) groups excluding carboxylic acids is 2. The molecule has 1 saturated carbocycles. The predicted octanol–water partition coefficient (Wildman–Crippen LogP) is 3.51. The Morgan fingerprint density at radius 1 is 1.00 bits per heavy atom. The van der Waals surface area contributed by atoms with Crippen LogP contribution in [0.3, 0.4) is 0 Å². The van der Waals surface area contributed by atoms with Gasteiger partial charge in [-0.25, -0.2) is 9.59 Å². The van der Waals surface area contributed by atoms with Gasteiger partial charge in [0, 0.05) is 24.5 Å². The van der Waals surface area contributed by atoms with E-state index < -0.39 is 29.3 Å². The van der Waals surface area contributed by atoms with Crippen LogP contribution in [0.4, 0.5) is 10.5 Å². The number of nitrogens with zero attached hydrogens (tertiary/aromatic N) is 1. The minimum atomic E-state index is -0.897. The van der Waals surface area contributed by atoms with E-state index in [4.69, 9.17) is 18.9 Å². The van der Waals surface area contributed by atoms with Crippen LogP contribution in [0.1, 0.15) is 23.2 Å². The van der Waals surface area contributed by atoms with Gasteiger partial charge in [-0.1, -0.05) is 18.2 Å². The van der Waals surface area contributed by atoms with Crippen LogP contribution in [0.15, 0.2) is 54.6 Å². The van der Waals surface area contributed by atoms with Crippen molar-refractivity contribution in [2.75, 3.05) is 6.61 Å². The average Bonchev–Trinajstić information content (AvgIpc) is 3.30. The van der Waals surface area contributed by atoms with E-state index in [1.807, 2.05) is 6.07 Å². The summed E-state index contributed by atoms with van der Waals surface area (Å²) in [6, 6.07) is 13.8. The van der Waals surface area contributed by atoms with Crippen LogP contribution in [0.25, 0.3) is 0 Å². The fraction of sp³-hybridized carbons (Fsp3) is 0.333. The van der Waals surface area contributed by atoms with Gasteiger partial charge >= 0.3 is 12.1 Å². The number of non-ortho nitro benzene ring substituents is 1. The molecule has 0 radical (unpaired) electrons. The molecule has 4 unspecified atom stereocenters. The summed E-state index contributed by atoms with van der Waals surface area (Å²) in [5, 5.41) is 10.7. The zero-order chi connectivity index (χ0) is 21.1. The molecule has 1 heterocycles. The maximum atomic E-state index is 12.3. The van der Waals surface area contributed by atoms with Crippen molar-refractivity contribution in [2.24, 2.45) is 5.92 Å². The van der Waals surface area contributed by atoms with Gasteiger partial charge in [0.15, 0.2) is 0 Å². The number of hydrogen-bond donors (Lipinski definition) is 0. The molecular weight excluding hydrogens is 394 g/mol. The second-order valence-corrected chi connectivity index (χ2v) is 7.16. The topological polar surface area (TPSA) is 114 Å². The lowest BCUT2D eigenvalue weighted by atomic mass is 10.0. The third-order valence-corrected chi connectivity index (χ3v) is 5.24. The van der Waals surface area contributed by atoms with E-state index in [1.54, 1.807) is 24.3 Å². The molecule has 9 nitrogen and oxygen atoms in total. The lowest BCUT2D eigenvalue weighted by Gasteiger charge is -2.18. The summed E-state index contributed by atoms with van der Waals surface area (Å²) in [5.74, 6) is -0.323. The SMILES string of the molecule is O=C(Oc1ccc([N+](=O)[O-])cc1)OC1CC2OCC(OC(=O)c3ccccc3)C2C1. The smallest absolute Gasteiger partial charge is 0.456 e. The van der Waals surface area contributed by atoms with Crippen molar-refractivity contribution < 1.29 is 33.5 Å². The molecular formula is C21H19NO8. The van der Waals surface area contributed by atoms with Crippen molar-refractivity contribution >= 4 is 17.8 Å². The van der Waals surface area contributed by atoms with Crippen molar-refractivity contribution in [3.63, 3.8) is 0 Å². The number of rotatable bonds is 5. The Morgan fingerprint density at radius 2 is 1.73 bits per heavy atom. The number of carbonyl (C=O) groups is 2. The zero-order valence-electron chi connectivity index (χ0n) is 15.8. The van der Waals surface area contributed by atoms with E-state index in [2.05, 4.69) is 0 Å². The summed E-state index contributed by atoms with van der Waals surface area (Å²) in [6.07, 6.45) is -0.903. The summed E-state index contributed by atoms with van der Waals surface area (Å²) in [4.78, 5) is 34.5. The standard InChI is InChI=1S/C21H19NO8/c23-20(13-4-2-1-3-5-13)30-19-12-27-18-11-16(10-17(18)19)29-21(24)28-15-8-6-14(7-9-15)22(25)26/h1-9,16-19H,10-12H2. The molecule has 9 heteroatoms. The van der Waals surface area contributed by atoms with Gasteiger partial charge in [-0.3, -0.25) is 10.1 Å². The normalized spacial score (nSPS) is 24.7. The van der Waals surface area contributed by atoms with Crippen LogP contribution in [-0.2, 0) is 14.2 Å². The molecule has 2 aromatic rings. The molecule has 2 fully saturated rings. The zero-order valence-corrected chi connectivity index (χ0v) is 15.8. The Morgan fingerprint density at radius 3 is 2.43 bits per heavy atom. The third-order valence-electron chi connectivity index (χ3n) is 5.24. The summed E-state index contributed by atoms with van der Waals surface area (Å²) < 4.78 is 21.7. The Balaban J connectivity index is 1.29. The highest BCUT2D eigenvalue weighted by Crippen LogP contribution is 2.39. The fourth-order valence-electron chi connectivity index (χ4n) is 3.80. The summed E-state index contributed by atoms with van der Waals surface area (Å²) in [5.41, 5.74) is 0.367. The Labute approximate surface area is 171 Å². The van der Waals surface area contributed by atoms with Crippen molar-refractivity contribution in [1.82, 2.24) is 0 Å². The van der Waals surface area contributed by atoms with Gasteiger partial charge in [0.2, 0.25) is 0 Å². The van der Waals surface area contributed by atoms with E-state index in [1.165, 1.54) is 24.3 Å². The molecule has 0 amide bonds. The number of fused-ring (bicyclic) bond motifs is 1. The van der Waals surface area contributed by atoms with Crippen LogP contribution in [0, 0.1) is 16.0 Å². The monoisotopic (exact) mass is 413 g/mol. The number of benzene rings is 2. The van der Waals surface area contributed by atoms with E-state index in [0.29, 0.717) is 25.0 Å². The molecule has 4 atom stereocenters. The number of nitro groups is 1. The van der Waals surface area contributed by atoms with Gasteiger partial charge < -0.3 is 18.9 Å². The van der Waals surface area contributed by atoms with E-state index in [0.717, 1.165) is 0 Å². The van der Waals surface area contributed by atoms with Crippen LogP contribution in [0.5, 0.6) is 5.75 Å². The molecule has 156 valence electrons. The van der Waals surface area contributed by atoms with Crippen LogP contribution < -0.4 is 4.74 Å². The molecule has 0 spiro atoms. The highest BCUT2D eigenvalue weighted by Gasteiger charge is 2.48. The van der Waals surface area contributed by atoms with Crippen molar-refractivity contribution in [1.29, 1.82) is 0 Å². The Bertz CT molecular complexity index is 930. The first-order valence-corrected chi connectivity index (χ1v) is 9.50. The first-order valence-electron chi connectivity index (χ1n) is 9.50. The first kappa shape index (κ1) is 19.8. The molecule has 1 aliphatic carbocycles. The van der Waals surface area contributed by atoms with Gasteiger partial charge in [0.1, 0.15) is 18.0 Å².